The molecule has 1 amide bonds. The maximum Gasteiger partial charge on any atom is 0.305 e. The van der Waals surface area contributed by atoms with Crippen LogP contribution in [0.4, 0.5) is 0 Å². The molecule has 0 aromatic carbocycles. The van der Waals surface area contributed by atoms with Crippen molar-refractivity contribution < 1.29 is 24.5 Å². The first-order valence-electron chi connectivity index (χ1n) is 36.6. The topological polar surface area (TPSA) is 95.9 Å². The van der Waals surface area contributed by atoms with Crippen molar-refractivity contribution in [2.45, 2.75) is 424 Å². The van der Waals surface area contributed by atoms with E-state index in [1.54, 1.807) is 6.08 Å². The van der Waals surface area contributed by atoms with Crippen LogP contribution in [0.15, 0.2) is 24.3 Å². The number of nitrogens with one attached hydrogen (secondary N) is 1. The van der Waals surface area contributed by atoms with Gasteiger partial charge in [-0.15, -0.1) is 0 Å². The first-order valence-corrected chi connectivity index (χ1v) is 36.6. The number of unbranched alkanes of at least 4 members (excludes halogenated alkanes) is 56. The molecule has 0 saturated heterocycles. The number of amides is 1. The zero-order valence-electron chi connectivity index (χ0n) is 54.3. The third kappa shape index (κ3) is 65.5. The van der Waals surface area contributed by atoms with Gasteiger partial charge in [-0.1, -0.05) is 366 Å². The summed E-state index contributed by atoms with van der Waals surface area (Å²) in [5.74, 6) is -0.0462. The molecule has 6 heteroatoms. The second kappa shape index (κ2) is 69.8. The summed E-state index contributed by atoms with van der Waals surface area (Å²) in [5.41, 5.74) is 0. The summed E-state index contributed by atoms with van der Waals surface area (Å²) in [6.45, 7) is 4.93. The summed E-state index contributed by atoms with van der Waals surface area (Å²) in [5, 5.41) is 23.2. The van der Waals surface area contributed by atoms with Gasteiger partial charge >= 0.3 is 5.97 Å². The van der Waals surface area contributed by atoms with Crippen molar-refractivity contribution in [2.24, 2.45) is 0 Å². The molecule has 0 saturated carbocycles. The lowest BCUT2D eigenvalue weighted by molar-refractivity contribution is -0.143. The standard InChI is InChI=1S/C74H143NO5/c1-3-5-7-9-11-13-15-17-19-40-44-48-52-56-60-64-68-74(79)80-69-65-61-57-53-49-45-41-38-36-34-32-30-28-26-24-22-20-21-23-25-27-29-31-33-35-37-39-43-47-51-55-59-63-67-73(78)75-71(70-76)72(77)66-62-58-54-50-46-42-18-16-14-12-10-8-6-4-2/h19,40,62,66,71-72,76-77H,3-18,20-39,41-61,63-65,67-70H2,1-2H3,(H,75,78)/b40-19-,66-62+. The maximum absolute atomic E-state index is 12.5. The van der Waals surface area contributed by atoms with Gasteiger partial charge in [0, 0.05) is 12.8 Å². The van der Waals surface area contributed by atoms with Gasteiger partial charge in [0.2, 0.25) is 5.91 Å². The lowest BCUT2D eigenvalue weighted by atomic mass is 10.0. The SMILES string of the molecule is CCCCCCCCC/C=C\CCCCCCCC(=O)OCCCCCCCCCCCCCCCCCCCCCCCCCCCCCCCCCCCC(=O)NC(CO)C(O)/C=C/CCCCCCCCCCCCCC. The fourth-order valence-corrected chi connectivity index (χ4v) is 11.6. The number of hydrogen-bond donors (Lipinski definition) is 3. The first-order chi connectivity index (χ1) is 39.5. The molecule has 0 radical (unpaired) electrons. The number of ether oxygens (including phenoxy) is 1. The fraction of sp³-hybridized carbons (Fsp3) is 0.919. The molecule has 0 aromatic heterocycles. The Morgan fingerprint density at radius 1 is 0.338 bits per heavy atom. The van der Waals surface area contributed by atoms with Gasteiger partial charge in [0.05, 0.1) is 25.4 Å². The van der Waals surface area contributed by atoms with Gasteiger partial charge in [0.15, 0.2) is 0 Å². The predicted molar refractivity (Wildman–Crippen MR) is 352 cm³/mol. The Labute approximate surface area is 501 Å². The van der Waals surface area contributed by atoms with Crippen molar-refractivity contribution in [3.8, 4) is 0 Å². The first kappa shape index (κ1) is 78.3. The molecule has 0 aliphatic carbocycles. The normalized spacial score (nSPS) is 12.6. The highest BCUT2D eigenvalue weighted by Crippen LogP contribution is 2.19. The molecular formula is C74H143NO5. The van der Waals surface area contributed by atoms with Crippen LogP contribution in [-0.4, -0.2) is 47.4 Å². The maximum atomic E-state index is 12.5. The van der Waals surface area contributed by atoms with Gasteiger partial charge in [-0.05, 0) is 57.8 Å². The Bertz CT molecular complexity index is 1250. The zero-order valence-corrected chi connectivity index (χ0v) is 54.3. The van der Waals surface area contributed by atoms with E-state index in [9.17, 15) is 19.8 Å². The smallest absolute Gasteiger partial charge is 0.305 e. The van der Waals surface area contributed by atoms with Gasteiger partial charge in [-0.25, -0.2) is 0 Å². The van der Waals surface area contributed by atoms with Crippen molar-refractivity contribution in [1.82, 2.24) is 5.32 Å². The van der Waals surface area contributed by atoms with Crippen LogP contribution < -0.4 is 5.32 Å². The van der Waals surface area contributed by atoms with Crippen LogP contribution in [0.25, 0.3) is 0 Å². The Hall–Kier alpha value is -1.66. The Morgan fingerprint density at radius 2 is 0.588 bits per heavy atom. The monoisotopic (exact) mass is 1130 g/mol. The minimum Gasteiger partial charge on any atom is -0.466 e. The quantitative estimate of drug-likeness (QED) is 0.0320. The summed E-state index contributed by atoms with van der Waals surface area (Å²) >= 11 is 0. The Kier molecular flexibility index (Phi) is 68.4. The summed E-state index contributed by atoms with van der Waals surface area (Å²) in [6, 6.07) is -0.623. The second-order valence-electron chi connectivity index (χ2n) is 25.3. The molecule has 0 heterocycles. The number of aliphatic hydroxyl groups excluding tert-OH is 2. The van der Waals surface area contributed by atoms with E-state index >= 15 is 0 Å². The van der Waals surface area contributed by atoms with E-state index in [0.717, 1.165) is 44.9 Å². The zero-order chi connectivity index (χ0) is 57.8. The highest BCUT2D eigenvalue weighted by atomic mass is 16.5. The van der Waals surface area contributed by atoms with Crippen molar-refractivity contribution in [3.05, 3.63) is 24.3 Å². The van der Waals surface area contributed by atoms with Crippen LogP contribution in [-0.2, 0) is 14.3 Å². The van der Waals surface area contributed by atoms with E-state index in [-0.39, 0.29) is 18.5 Å². The Morgan fingerprint density at radius 3 is 0.887 bits per heavy atom. The summed E-state index contributed by atoms with van der Waals surface area (Å²) in [6.07, 6.45) is 88.5. The van der Waals surface area contributed by atoms with Crippen LogP contribution in [0.2, 0.25) is 0 Å². The highest BCUT2D eigenvalue weighted by molar-refractivity contribution is 5.76. The number of rotatable bonds is 69. The molecule has 0 spiro atoms. The third-order valence-electron chi connectivity index (χ3n) is 17.2. The molecule has 80 heavy (non-hydrogen) atoms. The van der Waals surface area contributed by atoms with Gasteiger partial charge in [-0.3, -0.25) is 9.59 Å². The number of aliphatic hydroxyl groups is 2. The molecule has 0 rings (SSSR count). The Balaban J connectivity index is 3.32. The van der Waals surface area contributed by atoms with E-state index in [4.69, 9.17) is 4.74 Å². The van der Waals surface area contributed by atoms with Gasteiger partial charge < -0.3 is 20.3 Å². The lowest BCUT2D eigenvalue weighted by Crippen LogP contribution is -2.45. The molecule has 0 bridgehead atoms. The van der Waals surface area contributed by atoms with Crippen LogP contribution in [0, 0.1) is 0 Å². The van der Waals surface area contributed by atoms with Crippen molar-refractivity contribution in [1.29, 1.82) is 0 Å². The van der Waals surface area contributed by atoms with E-state index < -0.39 is 12.1 Å². The van der Waals surface area contributed by atoms with E-state index in [0.29, 0.717) is 19.4 Å². The van der Waals surface area contributed by atoms with E-state index in [1.807, 2.05) is 6.08 Å². The van der Waals surface area contributed by atoms with E-state index in [2.05, 4.69) is 31.3 Å². The van der Waals surface area contributed by atoms with Crippen molar-refractivity contribution in [3.63, 3.8) is 0 Å². The minimum absolute atomic E-state index is 0.0147. The molecule has 0 aromatic rings. The largest absolute Gasteiger partial charge is 0.466 e. The van der Waals surface area contributed by atoms with Crippen LogP contribution >= 0.6 is 0 Å². The highest BCUT2D eigenvalue weighted by Gasteiger charge is 2.18. The van der Waals surface area contributed by atoms with Crippen LogP contribution in [0.1, 0.15) is 412 Å². The van der Waals surface area contributed by atoms with E-state index in [1.165, 1.54) is 340 Å². The molecule has 0 aliphatic rings. The van der Waals surface area contributed by atoms with Crippen molar-refractivity contribution in [2.75, 3.05) is 13.2 Å². The van der Waals surface area contributed by atoms with Gasteiger partial charge in [0.1, 0.15) is 0 Å². The van der Waals surface area contributed by atoms with Crippen LogP contribution in [0.3, 0.4) is 0 Å². The number of esters is 1. The molecule has 3 N–H and O–H groups in total. The molecular weight excluding hydrogens is 983 g/mol. The minimum atomic E-state index is -0.840. The number of hydrogen-bond acceptors (Lipinski definition) is 5. The van der Waals surface area contributed by atoms with Crippen LogP contribution in [0.5, 0.6) is 0 Å². The third-order valence-corrected chi connectivity index (χ3v) is 17.2. The molecule has 0 fully saturated rings. The van der Waals surface area contributed by atoms with Crippen molar-refractivity contribution >= 4 is 11.9 Å². The fourth-order valence-electron chi connectivity index (χ4n) is 11.6. The lowest BCUT2D eigenvalue weighted by Gasteiger charge is -2.20. The molecule has 2 unspecified atom stereocenters. The number of allylic oxidation sites excluding steroid dienone is 3. The summed E-state index contributed by atoms with van der Waals surface area (Å²) < 4.78 is 5.50. The van der Waals surface area contributed by atoms with Gasteiger partial charge in [-0.2, -0.15) is 0 Å². The number of carbonyl (C=O) groups is 2. The average molecular weight is 1130 g/mol. The number of carbonyl (C=O) groups excluding carboxylic acids is 2. The average Bonchev–Trinajstić information content (AvgIpc) is 3.46. The molecule has 2 atom stereocenters. The molecule has 474 valence electrons. The summed E-state index contributed by atoms with van der Waals surface area (Å²) in [4.78, 5) is 24.6. The summed E-state index contributed by atoms with van der Waals surface area (Å²) in [7, 11) is 0. The molecule has 6 nitrogen and oxygen atoms in total. The van der Waals surface area contributed by atoms with Gasteiger partial charge in [0.25, 0.3) is 0 Å². The molecule has 0 aliphatic heterocycles. The second-order valence-corrected chi connectivity index (χ2v) is 25.3. The predicted octanol–water partition coefficient (Wildman–Crippen LogP) is 23.7.